The third-order valence-electron chi connectivity index (χ3n) is 6.22. The Bertz CT molecular complexity index is 1230. The van der Waals surface area contributed by atoms with Crippen molar-refractivity contribution in [1.82, 2.24) is 9.88 Å². The molecule has 0 amide bonds. The van der Waals surface area contributed by atoms with Gasteiger partial charge in [-0.1, -0.05) is 6.07 Å². The van der Waals surface area contributed by atoms with Gasteiger partial charge < -0.3 is 29.3 Å². The van der Waals surface area contributed by atoms with Crippen molar-refractivity contribution in [3.63, 3.8) is 0 Å². The van der Waals surface area contributed by atoms with Crippen LogP contribution in [0.4, 0.5) is 21.5 Å². The molecule has 0 atom stereocenters. The van der Waals surface area contributed by atoms with E-state index in [-0.39, 0.29) is 17.9 Å². The lowest BCUT2D eigenvalue weighted by molar-refractivity contribution is 0.0527. The van der Waals surface area contributed by atoms with E-state index in [1.165, 1.54) is 12.3 Å². The fourth-order valence-corrected chi connectivity index (χ4v) is 4.21. The van der Waals surface area contributed by atoms with Gasteiger partial charge >= 0.3 is 5.97 Å². The quantitative estimate of drug-likeness (QED) is 0.346. The molecule has 8 nitrogen and oxygen atoms in total. The van der Waals surface area contributed by atoms with Gasteiger partial charge in [-0.15, -0.1) is 0 Å². The summed E-state index contributed by atoms with van der Waals surface area (Å²) in [5, 5.41) is 3.83. The maximum absolute atomic E-state index is 14.8. The van der Waals surface area contributed by atoms with Gasteiger partial charge in [-0.3, -0.25) is 4.98 Å². The second kappa shape index (κ2) is 11.5. The summed E-state index contributed by atoms with van der Waals surface area (Å²) >= 11 is 0. The molecule has 2 heterocycles. The summed E-state index contributed by atoms with van der Waals surface area (Å²) in [5.41, 5.74) is 3.26. The SMILES string of the molecule is CCOC(=O)c1cnc2cc(OCCOC)c(N3CCN(C)CC3)cc2c1Nc1ccc(C)cc1F. The first-order valence-corrected chi connectivity index (χ1v) is 12.1. The van der Waals surface area contributed by atoms with Gasteiger partial charge in [0.05, 0.1) is 35.8 Å². The van der Waals surface area contributed by atoms with Crippen molar-refractivity contribution in [2.45, 2.75) is 13.8 Å². The van der Waals surface area contributed by atoms with Gasteiger partial charge in [0.2, 0.25) is 0 Å². The van der Waals surface area contributed by atoms with Crippen LogP contribution in [0.25, 0.3) is 10.9 Å². The number of ether oxygens (including phenoxy) is 3. The van der Waals surface area contributed by atoms with Crippen LogP contribution >= 0.6 is 0 Å². The highest BCUT2D eigenvalue weighted by molar-refractivity contribution is 6.07. The molecule has 1 N–H and O–H groups in total. The maximum Gasteiger partial charge on any atom is 0.341 e. The van der Waals surface area contributed by atoms with Crippen molar-refractivity contribution in [2.75, 3.05) is 70.4 Å². The van der Waals surface area contributed by atoms with E-state index >= 15 is 0 Å². The number of rotatable bonds is 9. The molecule has 0 saturated carbocycles. The summed E-state index contributed by atoms with van der Waals surface area (Å²) in [6.07, 6.45) is 1.46. The van der Waals surface area contributed by atoms with Crippen LogP contribution in [-0.4, -0.2) is 76.0 Å². The Labute approximate surface area is 211 Å². The topological polar surface area (TPSA) is 76.2 Å². The number of benzene rings is 2. The second-order valence-corrected chi connectivity index (χ2v) is 8.84. The zero-order valence-electron chi connectivity index (χ0n) is 21.3. The molecule has 1 saturated heterocycles. The molecule has 2 aromatic carbocycles. The number of aromatic nitrogens is 1. The van der Waals surface area contributed by atoms with Gasteiger partial charge in [0.25, 0.3) is 0 Å². The number of piperazine rings is 1. The van der Waals surface area contributed by atoms with Crippen molar-refractivity contribution in [3.8, 4) is 5.75 Å². The van der Waals surface area contributed by atoms with E-state index < -0.39 is 11.8 Å². The Morgan fingerprint density at radius 1 is 1.14 bits per heavy atom. The van der Waals surface area contributed by atoms with Crippen LogP contribution in [0.1, 0.15) is 22.8 Å². The summed E-state index contributed by atoms with van der Waals surface area (Å²) in [4.78, 5) is 21.9. The molecule has 1 aromatic heterocycles. The van der Waals surface area contributed by atoms with Gasteiger partial charge in [-0.05, 0) is 44.7 Å². The Kier molecular flexibility index (Phi) is 8.22. The van der Waals surface area contributed by atoms with Crippen molar-refractivity contribution in [1.29, 1.82) is 0 Å². The average molecular weight is 497 g/mol. The Hall–Kier alpha value is -3.43. The lowest BCUT2D eigenvalue weighted by atomic mass is 10.1. The summed E-state index contributed by atoms with van der Waals surface area (Å²) in [7, 11) is 3.73. The normalized spacial score (nSPS) is 14.2. The lowest BCUT2D eigenvalue weighted by Gasteiger charge is -2.35. The minimum atomic E-state index is -0.525. The first kappa shape index (κ1) is 25.7. The highest BCUT2D eigenvalue weighted by atomic mass is 19.1. The fraction of sp³-hybridized carbons (Fsp3) is 0.407. The molecule has 36 heavy (non-hydrogen) atoms. The zero-order valence-corrected chi connectivity index (χ0v) is 21.3. The van der Waals surface area contributed by atoms with Gasteiger partial charge in [0, 0.05) is 50.9 Å². The van der Waals surface area contributed by atoms with Gasteiger partial charge in [0.1, 0.15) is 23.7 Å². The molecule has 4 rings (SSSR count). The number of aryl methyl sites for hydroxylation is 1. The standard InChI is InChI=1S/C27H33FN4O4/c1-5-35-27(33)20-17-29-23-16-25(36-13-12-34-4)24(32-10-8-31(3)9-11-32)15-19(23)26(20)30-22-7-6-18(2)14-21(22)28/h6-7,14-17H,5,8-13H2,1-4H3,(H,29,30). The molecule has 192 valence electrons. The molecule has 9 heteroatoms. The smallest absolute Gasteiger partial charge is 0.341 e. The predicted molar refractivity (Wildman–Crippen MR) is 139 cm³/mol. The highest BCUT2D eigenvalue weighted by Crippen LogP contribution is 2.39. The van der Waals surface area contributed by atoms with Crippen LogP contribution in [0.3, 0.4) is 0 Å². The Morgan fingerprint density at radius 3 is 2.61 bits per heavy atom. The molecule has 3 aromatic rings. The number of anilines is 3. The molecule has 1 fully saturated rings. The van der Waals surface area contributed by atoms with Crippen LogP contribution in [0.5, 0.6) is 5.75 Å². The van der Waals surface area contributed by atoms with E-state index in [4.69, 9.17) is 14.2 Å². The van der Waals surface area contributed by atoms with Gasteiger partial charge in [-0.25, -0.2) is 9.18 Å². The van der Waals surface area contributed by atoms with Crippen molar-refractivity contribution in [2.24, 2.45) is 0 Å². The van der Waals surface area contributed by atoms with E-state index in [1.807, 2.05) is 25.1 Å². The Balaban J connectivity index is 1.87. The number of carbonyl (C=O) groups excluding carboxylic acids is 1. The molecule has 0 spiro atoms. The molecule has 0 unspecified atom stereocenters. The second-order valence-electron chi connectivity index (χ2n) is 8.84. The van der Waals surface area contributed by atoms with Crippen LogP contribution < -0.4 is 15.0 Å². The van der Waals surface area contributed by atoms with Crippen LogP contribution in [0.2, 0.25) is 0 Å². The molecular formula is C27H33FN4O4. The number of esters is 1. The maximum atomic E-state index is 14.8. The monoisotopic (exact) mass is 496 g/mol. The van der Waals surface area contributed by atoms with E-state index in [1.54, 1.807) is 20.1 Å². The highest BCUT2D eigenvalue weighted by Gasteiger charge is 2.23. The molecule has 0 radical (unpaired) electrons. The van der Waals surface area contributed by atoms with Crippen molar-refractivity contribution >= 4 is 33.9 Å². The number of nitrogens with one attached hydrogen (secondary N) is 1. The third-order valence-corrected chi connectivity index (χ3v) is 6.22. The zero-order chi connectivity index (χ0) is 25.7. The van der Waals surface area contributed by atoms with Gasteiger partial charge in [0.15, 0.2) is 0 Å². The fourth-order valence-electron chi connectivity index (χ4n) is 4.21. The predicted octanol–water partition coefficient (Wildman–Crippen LogP) is 4.38. The summed E-state index contributed by atoms with van der Waals surface area (Å²) < 4.78 is 31.3. The number of pyridine rings is 1. The number of hydrogen-bond donors (Lipinski definition) is 1. The van der Waals surface area contributed by atoms with Gasteiger partial charge in [-0.2, -0.15) is 0 Å². The van der Waals surface area contributed by atoms with E-state index in [0.29, 0.717) is 35.6 Å². The molecule has 0 bridgehead atoms. The number of methoxy groups -OCH3 is 1. The van der Waals surface area contributed by atoms with Crippen LogP contribution in [0.15, 0.2) is 36.5 Å². The van der Waals surface area contributed by atoms with Crippen LogP contribution in [0, 0.1) is 12.7 Å². The minimum absolute atomic E-state index is 0.216. The van der Waals surface area contributed by atoms with E-state index in [2.05, 4.69) is 27.1 Å². The molecule has 1 aliphatic rings. The molecular weight excluding hydrogens is 463 g/mol. The first-order chi connectivity index (χ1) is 17.4. The summed E-state index contributed by atoms with van der Waals surface area (Å²) in [6, 6.07) is 8.76. The van der Waals surface area contributed by atoms with Crippen molar-refractivity contribution < 1.29 is 23.4 Å². The number of halogens is 1. The van der Waals surface area contributed by atoms with Crippen LogP contribution in [-0.2, 0) is 9.47 Å². The van der Waals surface area contributed by atoms with E-state index in [0.717, 1.165) is 37.4 Å². The number of likely N-dealkylation sites (N-methyl/N-ethyl adjacent to an activating group) is 1. The first-order valence-electron chi connectivity index (χ1n) is 12.1. The molecule has 0 aliphatic carbocycles. The van der Waals surface area contributed by atoms with Crippen molar-refractivity contribution in [3.05, 3.63) is 53.5 Å². The number of fused-ring (bicyclic) bond motifs is 1. The average Bonchev–Trinajstić information content (AvgIpc) is 2.86. The van der Waals surface area contributed by atoms with E-state index in [9.17, 15) is 9.18 Å². The number of carbonyl (C=O) groups is 1. The number of hydrogen-bond acceptors (Lipinski definition) is 8. The third kappa shape index (κ3) is 5.68. The molecule has 1 aliphatic heterocycles. The summed E-state index contributed by atoms with van der Waals surface area (Å²) in [6.45, 7) is 8.10. The Morgan fingerprint density at radius 2 is 1.92 bits per heavy atom. The largest absolute Gasteiger partial charge is 0.489 e. The minimum Gasteiger partial charge on any atom is -0.489 e. The summed E-state index contributed by atoms with van der Waals surface area (Å²) in [5.74, 6) is -0.245. The number of nitrogens with zero attached hydrogens (tertiary/aromatic N) is 3. The lowest BCUT2D eigenvalue weighted by Crippen LogP contribution is -2.44.